The predicted molar refractivity (Wildman–Crippen MR) is 104 cm³/mol. The third kappa shape index (κ3) is 2.34. The van der Waals surface area contributed by atoms with Crippen LogP contribution in [0.3, 0.4) is 0 Å². The van der Waals surface area contributed by atoms with Gasteiger partial charge >= 0.3 is 0 Å². The molecule has 2 aromatic rings. The zero-order valence-electron chi connectivity index (χ0n) is 15.2. The van der Waals surface area contributed by atoms with Gasteiger partial charge in [-0.1, -0.05) is 12.1 Å². The van der Waals surface area contributed by atoms with Gasteiger partial charge < -0.3 is 20.6 Å². The van der Waals surface area contributed by atoms with Crippen molar-refractivity contribution >= 4 is 11.5 Å². The van der Waals surface area contributed by atoms with Gasteiger partial charge in [0.15, 0.2) is 5.82 Å². The Morgan fingerprint density at radius 2 is 1.96 bits per heavy atom. The largest absolute Gasteiger partial charge is 0.507 e. The summed E-state index contributed by atoms with van der Waals surface area (Å²) >= 11 is 0. The van der Waals surface area contributed by atoms with Gasteiger partial charge in [-0.15, -0.1) is 10.2 Å². The number of phenolic OH excluding ortho intramolecular Hbond substituents is 1. The Balaban J connectivity index is 1.21. The van der Waals surface area contributed by atoms with Crippen molar-refractivity contribution < 1.29 is 5.11 Å². The molecule has 1 spiro atoms. The number of fused-ring (bicyclic) bond motifs is 3. The van der Waals surface area contributed by atoms with Crippen molar-refractivity contribution in [1.29, 1.82) is 0 Å². The molecular weight excluding hydrogens is 340 g/mol. The molecule has 3 aliphatic heterocycles. The molecule has 4 aliphatic rings. The molecule has 0 radical (unpaired) electrons. The highest BCUT2D eigenvalue weighted by atomic mass is 16.3. The standard InChI is InChI=1S/C20H24N6O/c27-17-4-2-1-3-14(17)15-7-16-19(24-23-15)22-18-10-25(5-6-26(16)18)13-8-20(9-13)11-21-12-20/h1-4,7,13,18,21,27H,5-6,8-12H2,(H,22,24). The SMILES string of the molecule is Oc1ccccc1-c1cc2c(nn1)NC1CN(C3CC4(CNC4)C3)CCN21. The van der Waals surface area contributed by atoms with E-state index in [0.29, 0.717) is 5.41 Å². The number of benzene rings is 1. The van der Waals surface area contributed by atoms with Gasteiger partial charge in [-0.05, 0) is 36.5 Å². The van der Waals surface area contributed by atoms with Gasteiger partial charge in [-0.3, -0.25) is 4.90 Å². The zero-order chi connectivity index (χ0) is 18.0. The maximum atomic E-state index is 10.1. The van der Waals surface area contributed by atoms with E-state index in [0.717, 1.165) is 48.4 Å². The minimum atomic E-state index is 0.239. The molecule has 1 aromatic carbocycles. The molecule has 2 saturated heterocycles. The van der Waals surface area contributed by atoms with Crippen LogP contribution >= 0.6 is 0 Å². The van der Waals surface area contributed by atoms with Gasteiger partial charge in [0.05, 0.1) is 11.4 Å². The Morgan fingerprint density at radius 3 is 2.74 bits per heavy atom. The predicted octanol–water partition coefficient (Wildman–Crippen LogP) is 1.47. The summed E-state index contributed by atoms with van der Waals surface area (Å²) in [7, 11) is 0. The van der Waals surface area contributed by atoms with Crippen molar-refractivity contribution in [2.24, 2.45) is 5.41 Å². The second-order valence-electron chi connectivity index (χ2n) is 8.49. The zero-order valence-corrected chi connectivity index (χ0v) is 15.2. The Hall–Kier alpha value is -2.38. The molecule has 7 heteroatoms. The lowest BCUT2D eigenvalue weighted by Gasteiger charge is -2.58. The van der Waals surface area contributed by atoms with E-state index in [2.05, 4.69) is 36.7 Å². The van der Waals surface area contributed by atoms with Gasteiger partial charge in [0.2, 0.25) is 0 Å². The summed E-state index contributed by atoms with van der Waals surface area (Å²) in [6, 6.07) is 10.1. The monoisotopic (exact) mass is 364 g/mol. The lowest BCUT2D eigenvalue weighted by molar-refractivity contribution is -0.0402. The minimum Gasteiger partial charge on any atom is -0.507 e. The van der Waals surface area contributed by atoms with Crippen LogP contribution in [0.15, 0.2) is 30.3 Å². The van der Waals surface area contributed by atoms with Crippen molar-refractivity contribution in [3.63, 3.8) is 0 Å². The fraction of sp³-hybridized carbons (Fsp3) is 0.500. The third-order valence-corrected chi connectivity index (χ3v) is 6.83. The molecule has 1 atom stereocenters. The second-order valence-corrected chi connectivity index (χ2v) is 8.49. The minimum absolute atomic E-state index is 0.239. The Kier molecular flexibility index (Phi) is 3.22. The Bertz CT molecular complexity index is 890. The molecule has 3 N–H and O–H groups in total. The molecule has 3 fully saturated rings. The highest BCUT2D eigenvalue weighted by molar-refractivity contribution is 5.78. The van der Waals surface area contributed by atoms with E-state index in [1.807, 2.05) is 18.2 Å². The summed E-state index contributed by atoms with van der Waals surface area (Å²) in [5.41, 5.74) is 3.16. The van der Waals surface area contributed by atoms with E-state index in [9.17, 15) is 5.11 Å². The van der Waals surface area contributed by atoms with Crippen LogP contribution in [0, 0.1) is 5.41 Å². The average Bonchev–Trinajstić information content (AvgIpc) is 2.97. The number of aromatic nitrogens is 2. The number of aromatic hydroxyl groups is 1. The van der Waals surface area contributed by atoms with Crippen molar-refractivity contribution in [1.82, 2.24) is 20.4 Å². The van der Waals surface area contributed by atoms with E-state index < -0.39 is 0 Å². The topological polar surface area (TPSA) is 76.5 Å². The molecule has 1 aromatic heterocycles. The van der Waals surface area contributed by atoms with Crippen molar-refractivity contribution in [2.75, 3.05) is 42.9 Å². The molecule has 4 heterocycles. The molecule has 6 rings (SSSR count). The van der Waals surface area contributed by atoms with E-state index in [-0.39, 0.29) is 11.9 Å². The molecule has 0 bridgehead atoms. The van der Waals surface area contributed by atoms with Crippen LogP contribution in [-0.2, 0) is 0 Å². The number of para-hydroxylation sites is 1. The van der Waals surface area contributed by atoms with Crippen LogP contribution in [0.1, 0.15) is 12.8 Å². The Labute approximate surface area is 158 Å². The van der Waals surface area contributed by atoms with Gasteiger partial charge in [-0.2, -0.15) is 0 Å². The summed E-state index contributed by atoms with van der Waals surface area (Å²) in [5.74, 6) is 1.10. The highest BCUT2D eigenvalue weighted by Crippen LogP contribution is 2.47. The maximum Gasteiger partial charge on any atom is 0.174 e. The summed E-state index contributed by atoms with van der Waals surface area (Å²) in [6.45, 7) is 5.54. The van der Waals surface area contributed by atoms with E-state index in [1.54, 1.807) is 6.07 Å². The number of anilines is 2. The molecule has 1 unspecified atom stereocenters. The number of hydrogen-bond donors (Lipinski definition) is 3. The molecule has 0 amide bonds. The van der Waals surface area contributed by atoms with Crippen LogP contribution in [-0.4, -0.2) is 65.1 Å². The third-order valence-electron chi connectivity index (χ3n) is 6.83. The quantitative estimate of drug-likeness (QED) is 0.745. The summed E-state index contributed by atoms with van der Waals surface area (Å²) in [5, 5.41) is 25.9. The van der Waals surface area contributed by atoms with Crippen LogP contribution in [0.2, 0.25) is 0 Å². The first-order valence-corrected chi connectivity index (χ1v) is 9.85. The van der Waals surface area contributed by atoms with Crippen LogP contribution in [0.25, 0.3) is 11.3 Å². The molecule has 140 valence electrons. The fourth-order valence-electron chi connectivity index (χ4n) is 5.20. The molecule has 7 nitrogen and oxygen atoms in total. The number of hydrogen-bond acceptors (Lipinski definition) is 7. The normalized spacial score (nSPS) is 26.1. The van der Waals surface area contributed by atoms with Crippen molar-refractivity contribution in [2.45, 2.75) is 25.0 Å². The molecule has 27 heavy (non-hydrogen) atoms. The Morgan fingerprint density at radius 1 is 1.11 bits per heavy atom. The number of nitrogens with zero attached hydrogens (tertiary/aromatic N) is 4. The number of piperazine rings is 1. The average molecular weight is 364 g/mol. The number of phenols is 1. The van der Waals surface area contributed by atoms with E-state index in [4.69, 9.17) is 0 Å². The summed E-state index contributed by atoms with van der Waals surface area (Å²) in [4.78, 5) is 5.06. The summed E-state index contributed by atoms with van der Waals surface area (Å²) in [6.07, 6.45) is 2.95. The lowest BCUT2D eigenvalue weighted by atomic mass is 9.61. The number of rotatable bonds is 2. The van der Waals surface area contributed by atoms with Gasteiger partial charge in [0.25, 0.3) is 0 Å². The molecular formula is C20H24N6O. The fourth-order valence-corrected chi connectivity index (χ4v) is 5.20. The van der Waals surface area contributed by atoms with E-state index in [1.165, 1.54) is 25.9 Å². The van der Waals surface area contributed by atoms with Crippen molar-refractivity contribution in [3.05, 3.63) is 30.3 Å². The number of nitrogens with one attached hydrogen (secondary N) is 2. The second kappa shape index (κ2) is 5.56. The smallest absolute Gasteiger partial charge is 0.174 e. The summed E-state index contributed by atoms with van der Waals surface area (Å²) < 4.78 is 0. The lowest BCUT2D eigenvalue weighted by Crippen LogP contribution is -2.67. The first kappa shape index (κ1) is 15.7. The van der Waals surface area contributed by atoms with Crippen LogP contribution in [0.5, 0.6) is 5.75 Å². The molecule has 1 aliphatic carbocycles. The van der Waals surface area contributed by atoms with Gasteiger partial charge in [0.1, 0.15) is 11.9 Å². The van der Waals surface area contributed by atoms with Gasteiger partial charge in [0, 0.05) is 44.3 Å². The van der Waals surface area contributed by atoms with E-state index >= 15 is 0 Å². The van der Waals surface area contributed by atoms with Crippen LogP contribution < -0.4 is 15.5 Å². The molecule has 1 saturated carbocycles. The van der Waals surface area contributed by atoms with Crippen LogP contribution in [0.4, 0.5) is 11.5 Å². The first-order chi connectivity index (χ1) is 13.2. The highest BCUT2D eigenvalue weighted by Gasteiger charge is 2.51. The first-order valence-electron chi connectivity index (χ1n) is 9.85. The maximum absolute atomic E-state index is 10.1. The van der Waals surface area contributed by atoms with Gasteiger partial charge in [-0.25, -0.2) is 0 Å². The van der Waals surface area contributed by atoms with Crippen molar-refractivity contribution in [3.8, 4) is 17.0 Å².